The summed E-state index contributed by atoms with van der Waals surface area (Å²) in [7, 11) is 0. The number of nitrogens with zero attached hydrogens (tertiary/aromatic N) is 3. The molecule has 2 aliphatic rings. The van der Waals surface area contributed by atoms with Gasteiger partial charge in [-0.05, 0) is 45.6 Å². The van der Waals surface area contributed by atoms with Gasteiger partial charge < -0.3 is 15.0 Å². The summed E-state index contributed by atoms with van der Waals surface area (Å²) >= 11 is 6.09. The molecule has 2 fully saturated rings. The number of carbonyl (C=O) groups excluding carboxylic acids is 1. The minimum Gasteiger partial charge on any atom is -0.444 e. The third-order valence-electron chi connectivity index (χ3n) is 5.72. The molecule has 0 bridgehead atoms. The van der Waals surface area contributed by atoms with Crippen molar-refractivity contribution < 1.29 is 14.5 Å². The van der Waals surface area contributed by atoms with Gasteiger partial charge in [-0.3, -0.25) is 10.1 Å². The van der Waals surface area contributed by atoms with Gasteiger partial charge in [-0.2, -0.15) is 0 Å². The van der Waals surface area contributed by atoms with Gasteiger partial charge >= 0.3 is 11.8 Å². The zero-order chi connectivity index (χ0) is 21.7. The minimum absolute atomic E-state index is 0.113. The summed E-state index contributed by atoms with van der Waals surface area (Å²) in [6.07, 6.45) is 1.69. The van der Waals surface area contributed by atoms with Gasteiger partial charge in [0.15, 0.2) is 0 Å². The first-order chi connectivity index (χ1) is 14.1. The molecule has 2 heterocycles. The maximum absolute atomic E-state index is 12.1. The van der Waals surface area contributed by atoms with E-state index in [1.807, 2.05) is 32.9 Å². The molecule has 1 aliphatic carbocycles. The molecule has 160 valence electrons. The van der Waals surface area contributed by atoms with Crippen LogP contribution in [0.25, 0.3) is 10.9 Å². The lowest BCUT2D eigenvalue weighted by Gasteiger charge is -2.58. The summed E-state index contributed by atoms with van der Waals surface area (Å²) in [5.41, 5.74) is 0.514. The lowest BCUT2D eigenvalue weighted by Crippen LogP contribution is -2.64. The van der Waals surface area contributed by atoms with E-state index in [0.29, 0.717) is 42.1 Å². The van der Waals surface area contributed by atoms with E-state index in [9.17, 15) is 14.9 Å². The van der Waals surface area contributed by atoms with E-state index < -0.39 is 10.5 Å². The average Bonchev–Trinajstić information content (AvgIpc) is 2.56. The first kappa shape index (κ1) is 20.7. The number of amides is 1. The number of rotatable bonds is 4. The summed E-state index contributed by atoms with van der Waals surface area (Å²) in [6, 6.07) is 7.24. The van der Waals surface area contributed by atoms with Crippen LogP contribution in [0.1, 0.15) is 33.6 Å². The van der Waals surface area contributed by atoms with Crippen LogP contribution in [0, 0.1) is 21.4 Å². The van der Waals surface area contributed by atoms with Crippen LogP contribution in [0.5, 0.6) is 0 Å². The van der Waals surface area contributed by atoms with Crippen molar-refractivity contribution in [2.45, 2.75) is 39.2 Å². The molecule has 1 aromatic carbocycles. The molecule has 1 aromatic heterocycles. The molecule has 1 aliphatic heterocycles. The molecule has 9 heteroatoms. The zero-order valence-corrected chi connectivity index (χ0v) is 18.0. The van der Waals surface area contributed by atoms with Gasteiger partial charge in [-0.1, -0.05) is 29.8 Å². The van der Waals surface area contributed by atoms with Crippen LogP contribution in [0.3, 0.4) is 0 Å². The number of anilines is 1. The predicted molar refractivity (Wildman–Crippen MR) is 115 cm³/mol. The summed E-state index contributed by atoms with van der Waals surface area (Å²) in [5, 5.41) is 15.4. The fraction of sp³-hybridized carbons (Fsp3) is 0.524. The van der Waals surface area contributed by atoms with Gasteiger partial charge in [-0.15, -0.1) is 0 Å². The highest BCUT2D eigenvalue weighted by molar-refractivity contribution is 6.33. The quantitative estimate of drug-likeness (QED) is 0.421. The average molecular weight is 433 g/mol. The Kier molecular flexibility index (Phi) is 5.00. The number of hydrogen-bond acceptors (Lipinski definition) is 6. The van der Waals surface area contributed by atoms with Crippen molar-refractivity contribution in [3.05, 3.63) is 39.5 Å². The second-order valence-corrected chi connectivity index (χ2v) is 9.75. The third-order valence-corrected chi connectivity index (χ3v) is 5.99. The van der Waals surface area contributed by atoms with Crippen molar-refractivity contribution in [3.8, 4) is 0 Å². The molecular formula is C21H25ClN4O4. The lowest BCUT2D eigenvalue weighted by atomic mass is 9.58. The summed E-state index contributed by atoms with van der Waals surface area (Å²) in [6.45, 7) is 7.61. The molecule has 30 heavy (non-hydrogen) atoms. The number of ether oxygens (including phenoxy) is 1. The number of fused-ring (bicyclic) bond motifs is 1. The number of aromatic nitrogens is 1. The maximum Gasteiger partial charge on any atom is 0.410 e. The van der Waals surface area contributed by atoms with Gasteiger partial charge in [0.1, 0.15) is 11.3 Å². The first-order valence-electron chi connectivity index (χ1n) is 10.0. The van der Waals surface area contributed by atoms with E-state index >= 15 is 0 Å². The first-order valence-corrected chi connectivity index (χ1v) is 10.4. The van der Waals surface area contributed by atoms with E-state index in [2.05, 4.69) is 10.3 Å². The smallest absolute Gasteiger partial charge is 0.410 e. The normalized spacial score (nSPS) is 18.1. The van der Waals surface area contributed by atoms with Crippen molar-refractivity contribution in [3.63, 3.8) is 0 Å². The number of hydrogen-bond donors (Lipinski definition) is 1. The number of pyridine rings is 1. The molecule has 4 rings (SSSR count). The van der Waals surface area contributed by atoms with Crippen LogP contribution in [-0.2, 0) is 4.74 Å². The molecule has 1 amide bonds. The molecule has 8 nitrogen and oxygen atoms in total. The Morgan fingerprint density at radius 2 is 2.03 bits per heavy atom. The number of nitrogens with one attached hydrogen (secondary N) is 1. The third kappa shape index (κ3) is 3.88. The zero-order valence-electron chi connectivity index (χ0n) is 17.3. The van der Waals surface area contributed by atoms with Gasteiger partial charge in [0.05, 0.1) is 10.4 Å². The topological polar surface area (TPSA) is 97.6 Å². The van der Waals surface area contributed by atoms with Gasteiger partial charge in [0.2, 0.25) is 5.15 Å². The van der Waals surface area contributed by atoms with Crippen LogP contribution in [0.4, 0.5) is 16.2 Å². The van der Waals surface area contributed by atoms with Crippen LogP contribution < -0.4 is 5.32 Å². The van der Waals surface area contributed by atoms with Gasteiger partial charge in [0.25, 0.3) is 0 Å². The van der Waals surface area contributed by atoms with Crippen molar-refractivity contribution in [2.75, 3.05) is 25.0 Å². The van der Waals surface area contributed by atoms with Gasteiger partial charge in [-0.25, -0.2) is 9.78 Å². The van der Waals surface area contributed by atoms with E-state index in [-0.39, 0.29) is 22.3 Å². The molecule has 0 unspecified atom stereocenters. The molecule has 1 spiro atoms. The van der Waals surface area contributed by atoms with Crippen LogP contribution >= 0.6 is 11.6 Å². The molecule has 0 radical (unpaired) electrons. The van der Waals surface area contributed by atoms with E-state index in [0.717, 1.165) is 12.8 Å². The fourth-order valence-corrected chi connectivity index (χ4v) is 4.80. The van der Waals surface area contributed by atoms with Crippen molar-refractivity contribution in [1.82, 2.24) is 9.88 Å². The Morgan fingerprint density at radius 1 is 1.37 bits per heavy atom. The molecule has 1 saturated heterocycles. The second kappa shape index (κ2) is 7.27. The minimum atomic E-state index is -0.491. The Balaban J connectivity index is 1.38. The van der Waals surface area contributed by atoms with E-state index in [4.69, 9.17) is 16.3 Å². The Labute approximate surface area is 179 Å². The number of carbonyl (C=O) groups is 1. The largest absolute Gasteiger partial charge is 0.444 e. The highest BCUT2D eigenvalue weighted by Crippen LogP contribution is 2.52. The summed E-state index contributed by atoms with van der Waals surface area (Å²) in [4.78, 5) is 29.1. The van der Waals surface area contributed by atoms with Crippen molar-refractivity contribution in [1.29, 1.82) is 0 Å². The Hall–Kier alpha value is -2.61. The highest BCUT2D eigenvalue weighted by Gasteiger charge is 2.54. The molecule has 1 N–H and O–H groups in total. The second-order valence-electron chi connectivity index (χ2n) is 9.39. The monoisotopic (exact) mass is 432 g/mol. The highest BCUT2D eigenvalue weighted by atomic mass is 35.5. The Bertz CT molecular complexity index is 1010. The molecule has 0 atom stereocenters. The maximum atomic E-state index is 12.1. The molecule has 1 saturated carbocycles. The number of nitro groups is 1. The number of likely N-dealkylation sites (tertiary alicyclic amines) is 1. The van der Waals surface area contributed by atoms with Crippen LogP contribution in [0.2, 0.25) is 5.15 Å². The molecular weight excluding hydrogens is 408 g/mol. The van der Waals surface area contributed by atoms with Crippen molar-refractivity contribution in [2.24, 2.45) is 11.3 Å². The number of halogens is 1. The van der Waals surface area contributed by atoms with E-state index in [1.165, 1.54) is 0 Å². The van der Waals surface area contributed by atoms with Crippen molar-refractivity contribution >= 4 is 40.0 Å². The van der Waals surface area contributed by atoms with Crippen LogP contribution in [0.15, 0.2) is 24.3 Å². The Morgan fingerprint density at radius 3 is 2.67 bits per heavy atom. The van der Waals surface area contributed by atoms with E-state index in [1.54, 1.807) is 17.0 Å². The number of para-hydroxylation sites is 1. The van der Waals surface area contributed by atoms with Crippen LogP contribution in [-0.4, -0.2) is 46.1 Å². The predicted octanol–water partition coefficient (Wildman–Crippen LogP) is 4.86. The molecule has 2 aromatic rings. The SMILES string of the molecule is CC(C)(C)OC(=O)N1CC2(CC(CNc3c([N+](=O)[O-])c(Cl)nc4ccccc34)C2)C1. The number of benzene rings is 1. The fourth-order valence-electron chi connectivity index (χ4n) is 4.55. The summed E-state index contributed by atoms with van der Waals surface area (Å²) in [5.74, 6) is 0.385. The lowest BCUT2D eigenvalue weighted by molar-refractivity contribution is -0.384. The standard InChI is InChI=1S/C21H25ClN4O4/c1-20(2,3)30-19(27)25-11-21(12-25)8-13(9-21)10-23-16-14-6-4-5-7-15(14)24-18(22)17(16)26(28)29/h4-7,13H,8-12H2,1-3H3,(H,23,24). The van der Waals surface area contributed by atoms with Gasteiger partial charge in [0, 0.05) is 30.4 Å². The summed E-state index contributed by atoms with van der Waals surface area (Å²) < 4.78 is 5.42.